The predicted molar refractivity (Wildman–Crippen MR) is 92.3 cm³/mol. The molecular formula is C16H23ClF3N3O2. The Kier molecular flexibility index (Phi) is 8.40. The van der Waals surface area contributed by atoms with Crippen molar-refractivity contribution in [1.29, 1.82) is 0 Å². The van der Waals surface area contributed by atoms with Gasteiger partial charge in [0.25, 0.3) is 0 Å². The van der Waals surface area contributed by atoms with Gasteiger partial charge in [0.15, 0.2) is 0 Å². The smallest absolute Gasteiger partial charge is 0.334 e. The predicted octanol–water partition coefficient (Wildman–Crippen LogP) is 3.09. The number of rotatable bonds is 6. The van der Waals surface area contributed by atoms with E-state index in [-0.39, 0.29) is 24.9 Å². The van der Waals surface area contributed by atoms with Gasteiger partial charge < -0.3 is 16.0 Å². The minimum absolute atomic E-state index is 0. The van der Waals surface area contributed by atoms with Crippen LogP contribution in [-0.2, 0) is 16.1 Å². The summed E-state index contributed by atoms with van der Waals surface area (Å²) in [5.41, 5.74) is 5.78. The van der Waals surface area contributed by atoms with E-state index in [0.29, 0.717) is 22.6 Å². The summed E-state index contributed by atoms with van der Waals surface area (Å²) in [5, 5.41) is 2.65. The molecule has 0 aliphatic heterocycles. The van der Waals surface area contributed by atoms with Crippen molar-refractivity contribution in [2.45, 2.75) is 44.9 Å². The van der Waals surface area contributed by atoms with Crippen LogP contribution in [0.1, 0.15) is 32.3 Å². The molecule has 9 heteroatoms. The molecule has 142 valence electrons. The first-order valence-corrected chi connectivity index (χ1v) is 7.49. The quantitative estimate of drug-likeness (QED) is 0.795. The van der Waals surface area contributed by atoms with Crippen LogP contribution in [0.5, 0.6) is 0 Å². The van der Waals surface area contributed by atoms with Crippen molar-refractivity contribution >= 4 is 29.9 Å². The number of carbonyl (C=O) groups is 2. The fourth-order valence-electron chi connectivity index (χ4n) is 2.22. The van der Waals surface area contributed by atoms with Crippen molar-refractivity contribution < 1.29 is 22.8 Å². The van der Waals surface area contributed by atoms with Crippen LogP contribution in [0.4, 0.5) is 18.9 Å². The van der Waals surface area contributed by atoms with Gasteiger partial charge >= 0.3 is 12.1 Å². The Morgan fingerprint density at radius 3 is 2.40 bits per heavy atom. The highest BCUT2D eigenvalue weighted by Crippen LogP contribution is 2.20. The molecule has 0 aliphatic rings. The topological polar surface area (TPSA) is 75.4 Å². The van der Waals surface area contributed by atoms with Crippen LogP contribution in [0.3, 0.4) is 0 Å². The highest BCUT2D eigenvalue weighted by atomic mass is 35.5. The van der Waals surface area contributed by atoms with Crippen molar-refractivity contribution in [1.82, 2.24) is 4.90 Å². The monoisotopic (exact) mass is 381 g/mol. The summed E-state index contributed by atoms with van der Waals surface area (Å²) >= 11 is 0. The van der Waals surface area contributed by atoms with Gasteiger partial charge in [0, 0.05) is 19.3 Å². The molecule has 1 aromatic carbocycles. The number of hydrogen-bond donors (Lipinski definition) is 2. The summed E-state index contributed by atoms with van der Waals surface area (Å²) in [6.07, 6.45) is -3.67. The van der Waals surface area contributed by atoms with Gasteiger partial charge in [-0.3, -0.25) is 9.59 Å². The lowest BCUT2D eigenvalue weighted by atomic mass is 9.96. The number of amides is 2. The standard InChI is InChI=1S/C16H22F3N3O2.ClH/c1-4-8-15(2,20)13(23)21-12-7-5-6-11(9-12)10-22(3)14(24)16(17,18)19;/h5-7,9H,4,8,10,20H2,1-3H3,(H,21,23);1H. The van der Waals surface area contributed by atoms with Crippen LogP contribution in [0.2, 0.25) is 0 Å². The fourth-order valence-corrected chi connectivity index (χ4v) is 2.22. The molecule has 0 aliphatic carbocycles. The molecule has 5 nitrogen and oxygen atoms in total. The van der Waals surface area contributed by atoms with Crippen molar-refractivity contribution in [3.05, 3.63) is 29.8 Å². The number of anilines is 1. The Hall–Kier alpha value is -1.80. The normalized spacial score (nSPS) is 13.4. The fraction of sp³-hybridized carbons (Fsp3) is 0.500. The Morgan fingerprint density at radius 1 is 1.28 bits per heavy atom. The first-order chi connectivity index (χ1) is 11.0. The Bertz CT molecular complexity index is 607. The number of nitrogens with one attached hydrogen (secondary N) is 1. The second kappa shape index (κ2) is 9.05. The average Bonchev–Trinajstić information content (AvgIpc) is 2.45. The van der Waals surface area contributed by atoms with Crippen LogP contribution < -0.4 is 11.1 Å². The molecule has 3 N–H and O–H groups in total. The number of alkyl halides is 3. The molecule has 0 saturated heterocycles. The Morgan fingerprint density at radius 2 is 1.88 bits per heavy atom. The van der Waals surface area contributed by atoms with Gasteiger partial charge in [-0.15, -0.1) is 12.4 Å². The largest absolute Gasteiger partial charge is 0.471 e. The van der Waals surface area contributed by atoms with Crippen LogP contribution in [0, 0.1) is 0 Å². The van der Waals surface area contributed by atoms with Gasteiger partial charge in [-0.25, -0.2) is 0 Å². The zero-order valence-electron chi connectivity index (χ0n) is 14.3. The maximum absolute atomic E-state index is 12.4. The first-order valence-electron chi connectivity index (χ1n) is 7.49. The zero-order chi connectivity index (χ0) is 18.5. The van der Waals surface area contributed by atoms with Gasteiger partial charge in [0.1, 0.15) is 0 Å². The van der Waals surface area contributed by atoms with E-state index in [1.807, 2.05) is 6.92 Å². The molecule has 0 spiro atoms. The molecular weight excluding hydrogens is 359 g/mol. The average molecular weight is 382 g/mol. The van der Waals surface area contributed by atoms with E-state index in [1.165, 1.54) is 6.07 Å². The number of nitrogens with two attached hydrogens (primary N) is 1. The summed E-state index contributed by atoms with van der Waals surface area (Å²) in [5.74, 6) is -2.30. The summed E-state index contributed by atoms with van der Waals surface area (Å²) in [6.45, 7) is 3.30. The van der Waals surface area contributed by atoms with E-state index in [2.05, 4.69) is 5.32 Å². The van der Waals surface area contributed by atoms with Crippen molar-refractivity contribution in [3.63, 3.8) is 0 Å². The third-order valence-electron chi connectivity index (χ3n) is 3.48. The van der Waals surface area contributed by atoms with Crippen LogP contribution in [-0.4, -0.2) is 35.5 Å². The molecule has 0 aromatic heterocycles. The van der Waals surface area contributed by atoms with Gasteiger partial charge in [0.05, 0.1) is 5.54 Å². The molecule has 0 bridgehead atoms. The summed E-state index contributed by atoms with van der Waals surface area (Å²) < 4.78 is 37.2. The maximum atomic E-state index is 12.4. The number of halogens is 4. The van der Waals surface area contributed by atoms with Gasteiger partial charge in [-0.1, -0.05) is 25.5 Å². The summed E-state index contributed by atoms with van der Waals surface area (Å²) in [4.78, 5) is 23.9. The van der Waals surface area contributed by atoms with Crippen LogP contribution in [0.15, 0.2) is 24.3 Å². The highest BCUT2D eigenvalue weighted by Gasteiger charge is 2.41. The molecule has 1 aromatic rings. The van der Waals surface area contributed by atoms with Crippen LogP contribution in [0.25, 0.3) is 0 Å². The minimum Gasteiger partial charge on any atom is -0.334 e. The third kappa shape index (κ3) is 6.91. The minimum atomic E-state index is -4.91. The second-order valence-corrected chi connectivity index (χ2v) is 5.98. The van der Waals surface area contributed by atoms with Crippen molar-refractivity contribution in [2.24, 2.45) is 5.73 Å². The molecule has 0 saturated carbocycles. The lowest BCUT2D eigenvalue weighted by Crippen LogP contribution is -2.48. The number of benzene rings is 1. The van der Waals surface area contributed by atoms with E-state index >= 15 is 0 Å². The van der Waals surface area contributed by atoms with Gasteiger partial charge in [-0.2, -0.15) is 13.2 Å². The van der Waals surface area contributed by atoms with Crippen molar-refractivity contribution in [2.75, 3.05) is 12.4 Å². The molecule has 1 atom stereocenters. The highest BCUT2D eigenvalue weighted by molar-refractivity contribution is 5.97. The molecule has 0 heterocycles. The Balaban J connectivity index is 0.00000576. The Labute approximate surface area is 151 Å². The van der Waals surface area contributed by atoms with Crippen molar-refractivity contribution in [3.8, 4) is 0 Å². The van der Waals surface area contributed by atoms with E-state index in [9.17, 15) is 22.8 Å². The molecule has 0 radical (unpaired) electrons. The molecule has 2 amide bonds. The molecule has 25 heavy (non-hydrogen) atoms. The SMILES string of the molecule is CCCC(C)(N)C(=O)Nc1cccc(CN(C)C(=O)C(F)(F)F)c1.Cl. The van der Waals surface area contributed by atoms with E-state index < -0.39 is 17.6 Å². The lowest BCUT2D eigenvalue weighted by molar-refractivity contribution is -0.184. The maximum Gasteiger partial charge on any atom is 0.471 e. The number of nitrogens with zero attached hydrogens (tertiary/aromatic N) is 1. The zero-order valence-corrected chi connectivity index (χ0v) is 15.1. The number of carbonyl (C=O) groups excluding carboxylic acids is 2. The van der Waals surface area contributed by atoms with Crippen LogP contribution >= 0.6 is 12.4 Å². The number of hydrogen-bond acceptors (Lipinski definition) is 3. The van der Waals surface area contributed by atoms with Gasteiger partial charge in [-0.05, 0) is 31.0 Å². The van der Waals surface area contributed by atoms with E-state index in [0.717, 1.165) is 13.5 Å². The second-order valence-electron chi connectivity index (χ2n) is 5.98. The first kappa shape index (κ1) is 23.2. The van der Waals surface area contributed by atoms with E-state index in [1.54, 1.807) is 25.1 Å². The lowest BCUT2D eigenvalue weighted by Gasteiger charge is -2.23. The van der Waals surface area contributed by atoms with E-state index in [4.69, 9.17) is 5.73 Å². The summed E-state index contributed by atoms with van der Waals surface area (Å²) in [7, 11) is 1.07. The molecule has 1 unspecified atom stereocenters. The third-order valence-corrected chi connectivity index (χ3v) is 3.48. The molecule has 1 rings (SSSR count). The van der Waals surface area contributed by atoms with Gasteiger partial charge in [0.2, 0.25) is 5.91 Å². The molecule has 0 fully saturated rings. The summed E-state index contributed by atoms with van der Waals surface area (Å²) in [6, 6.07) is 6.28.